The van der Waals surface area contributed by atoms with E-state index in [0.717, 1.165) is 18.3 Å². The number of ether oxygens (including phenoxy) is 2. The second-order valence-electron chi connectivity index (χ2n) is 4.51. The normalized spacial score (nSPS) is 28.6. The van der Waals surface area contributed by atoms with E-state index in [-0.39, 0.29) is 0 Å². The highest BCUT2D eigenvalue weighted by Crippen LogP contribution is 2.44. The first-order valence-electron chi connectivity index (χ1n) is 6.01. The van der Waals surface area contributed by atoms with Crippen molar-refractivity contribution in [2.45, 2.75) is 32.3 Å². The van der Waals surface area contributed by atoms with Crippen LogP contribution in [0.2, 0.25) is 0 Å². The summed E-state index contributed by atoms with van der Waals surface area (Å²) in [7, 11) is 1.70. The Kier molecular flexibility index (Phi) is 3.49. The molecular weight excluding hydrogens is 200 g/mol. The topological polar surface area (TPSA) is 18.5 Å². The minimum absolute atomic E-state index is 0.411. The molecule has 16 heavy (non-hydrogen) atoms. The van der Waals surface area contributed by atoms with Crippen LogP contribution in [-0.4, -0.2) is 19.8 Å². The second-order valence-corrected chi connectivity index (χ2v) is 4.51. The van der Waals surface area contributed by atoms with Crippen LogP contribution >= 0.6 is 0 Å². The van der Waals surface area contributed by atoms with E-state index in [2.05, 4.69) is 26.0 Å². The first kappa shape index (κ1) is 11.5. The van der Waals surface area contributed by atoms with E-state index in [1.807, 2.05) is 12.1 Å². The smallest absolute Gasteiger partial charge is 0.118 e. The van der Waals surface area contributed by atoms with Crippen molar-refractivity contribution in [1.82, 2.24) is 0 Å². The van der Waals surface area contributed by atoms with Crippen LogP contribution in [0.15, 0.2) is 24.3 Å². The standard InChI is InChI=1S/C14H20O2/c1-4-16-13-9-10(2)14(13)11-5-7-12(15-3)8-6-11/h5-8,10,13-14H,4,9H2,1-3H3/t10-,13+,14-/m0/s1. The number of rotatable bonds is 4. The molecule has 2 heteroatoms. The Morgan fingerprint density at radius 2 is 1.94 bits per heavy atom. The van der Waals surface area contributed by atoms with Gasteiger partial charge in [0.15, 0.2) is 0 Å². The highest BCUT2D eigenvalue weighted by Gasteiger charge is 2.39. The largest absolute Gasteiger partial charge is 0.497 e. The number of methoxy groups -OCH3 is 1. The van der Waals surface area contributed by atoms with Crippen LogP contribution in [0.1, 0.15) is 31.7 Å². The lowest BCUT2D eigenvalue weighted by Crippen LogP contribution is -2.39. The maximum absolute atomic E-state index is 5.74. The Morgan fingerprint density at radius 1 is 1.25 bits per heavy atom. The van der Waals surface area contributed by atoms with Gasteiger partial charge >= 0.3 is 0 Å². The van der Waals surface area contributed by atoms with Crippen LogP contribution in [0.25, 0.3) is 0 Å². The summed E-state index contributed by atoms with van der Waals surface area (Å²) in [5, 5.41) is 0. The molecule has 1 aliphatic carbocycles. The molecule has 0 aromatic heterocycles. The summed E-state index contributed by atoms with van der Waals surface area (Å²) in [5.74, 6) is 2.21. The maximum Gasteiger partial charge on any atom is 0.118 e. The van der Waals surface area contributed by atoms with E-state index >= 15 is 0 Å². The molecule has 0 spiro atoms. The predicted molar refractivity (Wildman–Crippen MR) is 64.9 cm³/mol. The third-order valence-electron chi connectivity index (χ3n) is 3.50. The SMILES string of the molecule is CCO[C@@H]1C[C@H](C)[C@H]1c1ccc(OC)cc1. The lowest BCUT2D eigenvalue weighted by Gasteiger charge is -2.43. The van der Waals surface area contributed by atoms with Gasteiger partial charge in [0, 0.05) is 12.5 Å². The van der Waals surface area contributed by atoms with Crippen molar-refractivity contribution in [2.75, 3.05) is 13.7 Å². The molecule has 0 aliphatic heterocycles. The first-order chi connectivity index (χ1) is 7.76. The van der Waals surface area contributed by atoms with Gasteiger partial charge in [-0.15, -0.1) is 0 Å². The lowest BCUT2D eigenvalue weighted by molar-refractivity contribution is -0.0419. The van der Waals surface area contributed by atoms with Gasteiger partial charge in [-0.1, -0.05) is 19.1 Å². The monoisotopic (exact) mass is 220 g/mol. The molecule has 2 rings (SSSR count). The number of benzene rings is 1. The van der Waals surface area contributed by atoms with Crippen LogP contribution in [-0.2, 0) is 4.74 Å². The average molecular weight is 220 g/mol. The molecule has 0 amide bonds. The summed E-state index contributed by atoms with van der Waals surface area (Å²) in [6.45, 7) is 5.17. The second kappa shape index (κ2) is 4.88. The first-order valence-corrected chi connectivity index (χ1v) is 6.01. The molecule has 1 aromatic carbocycles. The summed E-state index contributed by atoms with van der Waals surface area (Å²) in [4.78, 5) is 0. The molecule has 1 fully saturated rings. The van der Waals surface area contributed by atoms with Crippen LogP contribution < -0.4 is 4.74 Å². The van der Waals surface area contributed by atoms with E-state index < -0.39 is 0 Å². The Bertz CT molecular complexity index is 329. The molecule has 0 N–H and O–H groups in total. The summed E-state index contributed by atoms with van der Waals surface area (Å²) in [5.41, 5.74) is 1.37. The molecule has 1 aliphatic rings. The molecule has 3 atom stereocenters. The van der Waals surface area contributed by atoms with Crippen molar-refractivity contribution in [2.24, 2.45) is 5.92 Å². The zero-order valence-corrected chi connectivity index (χ0v) is 10.3. The Hall–Kier alpha value is -1.02. The molecule has 0 radical (unpaired) electrons. The van der Waals surface area contributed by atoms with Gasteiger partial charge in [-0.3, -0.25) is 0 Å². The van der Waals surface area contributed by atoms with Gasteiger partial charge in [0.25, 0.3) is 0 Å². The summed E-state index contributed by atoms with van der Waals surface area (Å²) in [6, 6.07) is 8.38. The van der Waals surface area contributed by atoms with Gasteiger partial charge in [0.05, 0.1) is 13.2 Å². The molecule has 88 valence electrons. The van der Waals surface area contributed by atoms with Crippen molar-refractivity contribution < 1.29 is 9.47 Å². The highest BCUT2D eigenvalue weighted by atomic mass is 16.5. The summed E-state index contributed by atoms with van der Waals surface area (Å²) < 4.78 is 10.9. The fraction of sp³-hybridized carbons (Fsp3) is 0.571. The fourth-order valence-corrected chi connectivity index (χ4v) is 2.59. The molecule has 0 unspecified atom stereocenters. The zero-order chi connectivity index (χ0) is 11.5. The lowest BCUT2D eigenvalue weighted by atomic mass is 9.68. The maximum atomic E-state index is 5.74. The number of hydrogen-bond acceptors (Lipinski definition) is 2. The average Bonchev–Trinajstić information content (AvgIpc) is 2.29. The Labute approximate surface area is 97.6 Å². The molecule has 1 saturated carbocycles. The Morgan fingerprint density at radius 3 is 2.44 bits per heavy atom. The van der Waals surface area contributed by atoms with Crippen molar-refractivity contribution in [3.05, 3.63) is 29.8 Å². The third kappa shape index (κ3) is 2.07. The highest BCUT2D eigenvalue weighted by molar-refractivity contribution is 5.31. The molecule has 0 bridgehead atoms. The van der Waals surface area contributed by atoms with Gasteiger partial charge in [-0.05, 0) is 37.0 Å². The van der Waals surface area contributed by atoms with Crippen molar-refractivity contribution >= 4 is 0 Å². The Balaban J connectivity index is 2.09. The van der Waals surface area contributed by atoms with Gasteiger partial charge in [-0.2, -0.15) is 0 Å². The minimum Gasteiger partial charge on any atom is -0.497 e. The zero-order valence-electron chi connectivity index (χ0n) is 10.3. The van der Waals surface area contributed by atoms with E-state index in [4.69, 9.17) is 9.47 Å². The van der Waals surface area contributed by atoms with Crippen LogP contribution in [0, 0.1) is 5.92 Å². The van der Waals surface area contributed by atoms with Gasteiger partial charge in [0.2, 0.25) is 0 Å². The molecule has 2 nitrogen and oxygen atoms in total. The fourth-order valence-electron chi connectivity index (χ4n) is 2.59. The minimum atomic E-state index is 0.411. The van der Waals surface area contributed by atoms with Gasteiger partial charge < -0.3 is 9.47 Å². The van der Waals surface area contributed by atoms with Crippen LogP contribution in [0.4, 0.5) is 0 Å². The van der Waals surface area contributed by atoms with Crippen molar-refractivity contribution in [1.29, 1.82) is 0 Å². The van der Waals surface area contributed by atoms with Crippen LogP contribution in [0.5, 0.6) is 5.75 Å². The van der Waals surface area contributed by atoms with E-state index in [9.17, 15) is 0 Å². The summed E-state index contributed by atoms with van der Waals surface area (Å²) in [6.07, 6.45) is 1.60. The molecule has 1 aromatic rings. The van der Waals surface area contributed by atoms with E-state index in [1.165, 1.54) is 12.0 Å². The quantitative estimate of drug-likeness (QED) is 0.775. The van der Waals surface area contributed by atoms with E-state index in [1.54, 1.807) is 7.11 Å². The van der Waals surface area contributed by atoms with Crippen molar-refractivity contribution in [3.63, 3.8) is 0 Å². The summed E-state index contributed by atoms with van der Waals surface area (Å²) >= 11 is 0. The molecule has 0 saturated heterocycles. The molecular formula is C14H20O2. The molecule has 0 heterocycles. The van der Waals surface area contributed by atoms with Crippen molar-refractivity contribution in [3.8, 4) is 5.75 Å². The van der Waals surface area contributed by atoms with E-state index in [0.29, 0.717) is 12.0 Å². The third-order valence-corrected chi connectivity index (χ3v) is 3.50. The predicted octanol–water partition coefficient (Wildman–Crippen LogP) is 3.22. The van der Waals surface area contributed by atoms with Crippen LogP contribution in [0.3, 0.4) is 0 Å². The van der Waals surface area contributed by atoms with Gasteiger partial charge in [0.1, 0.15) is 5.75 Å². The number of hydrogen-bond donors (Lipinski definition) is 0. The van der Waals surface area contributed by atoms with Gasteiger partial charge in [-0.25, -0.2) is 0 Å².